The molecule has 0 radical (unpaired) electrons. The summed E-state index contributed by atoms with van der Waals surface area (Å²) in [5.41, 5.74) is 0. The van der Waals surface area contributed by atoms with Crippen molar-refractivity contribution in [2.24, 2.45) is 0 Å². The van der Waals surface area contributed by atoms with Gasteiger partial charge in [0, 0.05) is 32.2 Å². The Labute approximate surface area is 115 Å². The topological polar surface area (TPSA) is 53.1 Å². The second-order valence-corrected chi connectivity index (χ2v) is 5.22. The highest BCUT2D eigenvalue weighted by Crippen LogP contribution is 2.15. The number of unbranched alkanes of at least 4 members (excludes halogenated alkanes) is 1. The monoisotopic (exact) mass is 263 g/mol. The summed E-state index contributed by atoms with van der Waals surface area (Å²) in [6.45, 7) is 5.40. The average molecular weight is 263 g/mol. The van der Waals surface area contributed by atoms with Gasteiger partial charge in [0.2, 0.25) is 0 Å². The summed E-state index contributed by atoms with van der Waals surface area (Å²) in [7, 11) is 2.09. The van der Waals surface area contributed by atoms with Gasteiger partial charge in [-0.05, 0) is 25.8 Å². The molecule has 1 aromatic heterocycles. The van der Waals surface area contributed by atoms with Crippen LogP contribution in [0.5, 0.6) is 0 Å². The van der Waals surface area contributed by atoms with Crippen molar-refractivity contribution in [1.29, 1.82) is 0 Å². The van der Waals surface area contributed by atoms with Gasteiger partial charge in [-0.1, -0.05) is 13.3 Å². The van der Waals surface area contributed by atoms with E-state index in [9.17, 15) is 0 Å². The van der Waals surface area contributed by atoms with Crippen LogP contribution < -0.4 is 15.5 Å². The van der Waals surface area contributed by atoms with Crippen LogP contribution in [0.1, 0.15) is 32.6 Å². The Hall–Kier alpha value is -1.36. The van der Waals surface area contributed by atoms with Gasteiger partial charge in [0.1, 0.15) is 18.0 Å². The van der Waals surface area contributed by atoms with E-state index < -0.39 is 0 Å². The van der Waals surface area contributed by atoms with Crippen LogP contribution in [0.3, 0.4) is 0 Å². The summed E-state index contributed by atoms with van der Waals surface area (Å²) in [4.78, 5) is 10.9. The van der Waals surface area contributed by atoms with Gasteiger partial charge >= 0.3 is 0 Å². The molecule has 0 spiro atoms. The number of nitrogens with one attached hydrogen (secondary N) is 2. The molecular formula is C14H25N5. The Morgan fingerprint density at radius 3 is 3.11 bits per heavy atom. The molecule has 0 aromatic carbocycles. The maximum atomic E-state index is 4.34. The van der Waals surface area contributed by atoms with Crippen LogP contribution in [-0.4, -0.2) is 42.7 Å². The van der Waals surface area contributed by atoms with Crippen LogP contribution in [0.25, 0.3) is 0 Å². The van der Waals surface area contributed by atoms with Crippen molar-refractivity contribution in [1.82, 2.24) is 15.3 Å². The number of aromatic nitrogens is 2. The molecule has 5 nitrogen and oxygen atoms in total. The highest BCUT2D eigenvalue weighted by molar-refractivity contribution is 5.48. The molecule has 1 unspecified atom stereocenters. The predicted octanol–water partition coefficient (Wildman–Crippen LogP) is 1.88. The van der Waals surface area contributed by atoms with Crippen LogP contribution >= 0.6 is 0 Å². The summed E-state index contributed by atoms with van der Waals surface area (Å²) in [6.07, 6.45) is 6.48. The summed E-state index contributed by atoms with van der Waals surface area (Å²) < 4.78 is 0. The number of hydrogen-bond acceptors (Lipinski definition) is 5. The van der Waals surface area contributed by atoms with Gasteiger partial charge in [-0.2, -0.15) is 0 Å². The third-order valence-electron chi connectivity index (χ3n) is 3.54. The van der Waals surface area contributed by atoms with Crippen LogP contribution in [0.15, 0.2) is 12.4 Å². The molecule has 0 bridgehead atoms. The zero-order valence-electron chi connectivity index (χ0n) is 12.0. The molecule has 1 aliphatic rings. The molecule has 1 atom stereocenters. The Bertz CT molecular complexity index is 376. The van der Waals surface area contributed by atoms with Gasteiger partial charge in [-0.25, -0.2) is 9.97 Å². The van der Waals surface area contributed by atoms with Gasteiger partial charge < -0.3 is 15.5 Å². The largest absolute Gasteiger partial charge is 0.366 e. The zero-order chi connectivity index (χ0) is 13.5. The second-order valence-electron chi connectivity index (χ2n) is 5.22. The van der Waals surface area contributed by atoms with Crippen molar-refractivity contribution in [3.8, 4) is 0 Å². The third-order valence-corrected chi connectivity index (χ3v) is 3.54. The Balaban J connectivity index is 1.93. The van der Waals surface area contributed by atoms with E-state index in [2.05, 4.69) is 39.5 Å². The number of anilines is 2. The lowest BCUT2D eigenvalue weighted by Crippen LogP contribution is -2.38. The average Bonchev–Trinajstić information content (AvgIpc) is 2.46. The summed E-state index contributed by atoms with van der Waals surface area (Å²) in [6, 6.07) is 2.53. The standard InChI is InChI=1S/C14H25N5/c1-3-4-8-19(2)14-9-13(16-11-17-14)18-12-6-5-7-15-10-12/h9,11-12,15H,3-8,10H2,1-2H3,(H,16,17,18). The Morgan fingerprint density at radius 2 is 2.37 bits per heavy atom. The number of nitrogens with zero attached hydrogens (tertiary/aromatic N) is 3. The van der Waals surface area contributed by atoms with E-state index in [-0.39, 0.29) is 0 Å². The van der Waals surface area contributed by atoms with Gasteiger partial charge in [0.05, 0.1) is 0 Å². The second kappa shape index (κ2) is 7.28. The quantitative estimate of drug-likeness (QED) is 0.820. The van der Waals surface area contributed by atoms with Crippen LogP contribution in [-0.2, 0) is 0 Å². The maximum Gasteiger partial charge on any atom is 0.133 e. The fraction of sp³-hybridized carbons (Fsp3) is 0.714. The Morgan fingerprint density at radius 1 is 1.47 bits per heavy atom. The van der Waals surface area contributed by atoms with Crippen LogP contribution in [0.2, 0.25) is 0 Å². The molecule has 2 rings (SSSR count). The first-order chi connectivity index (χ1) is 9.29. The van der Waals surface area contributed by atoms with E-state index in [1.165, 1.54) is 25.7 Å². The third kappa shape index (κ3) is 4.35. The lowest BCUT2D eigenvalue weighted by atomic mass is 10.1. The summed E-state index contributed by atoms with van der Waals surface area (Å²) in [5, 5.41) is 6.90. The predicted molar refractivity (Wildman–Crippen MR) is 79.7 cm³/mol. The van der Waals surface area contributed by atoms with Crippen molar-refractivity contribution in [2.45, 2.75) is 38.6 Å². The van der Waals surface area contributed by atoms with E-state index >= 15 is 0 Å². The van der Waals surface area contributed by atoms with E-state index in [0.717, 1.165) is 31.3 Å². The summed E-state index contributed by atoms with van der Waals surface area (Å²) in [5.74, 6) is 1.93. The highest BCUT2D eigenvalue weighted by atomic mass is 15.2. The lowest BCUT2D eigenvalue weighted by molar-refractivity contribution is 0.479. The van der Waals surface area contributed by atoms with Crippen molar-refractivity contribution >= 4 is 11.6 Å². The molecule has 1 saturated heterocycles. The minimum atomic E-state index is 0.484. The normalized spacial score (nSPS) is 19.2. The lowest BCUT2D eigenvalue weighted by Gasteiger charge is -2.25. The molecule has 0 saturated carbocycles. The molecule has 0 aliphatic carbocycles. The van der Waals surface area contributed by atoms with Gasteiger partial charge in [0.15, 0.2) is 0 Å². The molecule has 5 heteroatoms. The first-order valence-corrected chi connectivity index (χ1v) is 7.30. The molecular weight excluding hydrogens is 238 g/mol. The first-order valence-electron chi connectivity index (χ1n) is 7.30. The van der Waals surface area contributed by atoms with Crippen LogP contribution in [0, 0.1) is 0 Å². The smallest absolute Gasteiger partial charge is 0.133 e. The van der Waals surface area contributed by atoms with E-state index in [1.807, 2.05) is 6.07 Å². The van der Waals surface area contributed by atoms with E-state index in [0.29, 0.717) is 6.04 Å². The number of piperidine rings is 1. The van der Waals surface area contributed by atoms with Crippen molar-refractivity contribution in [3.05, 3.63) is 12.4 Å². The van der Waals surface area contributed by atoms with E-state index in [4.69, 9.17) is 0 Å². The van der Waals surface area contributed by atoms with Crippen molar-refractivity contribution in [3.63, 3.8) is 0 Å². The minimum Gasteiger partial charge on any atom is -0.366 e. The molecule has 2 heterocycles. The highest BCUT2D eigenvalue weighted by Gasteiger charge is 2.13. The van der Waals surface area contributed by atoms with Gasteiger partial charge in [-0.3, -0.25) is 0 Å². The number of rotatable bonds is 6. The van der Waals surface area contributed by atoms with Gasteiger partial charge in [-0.15, -0.1) is 0 Å². The zero-order valence-corrected chi connectivity index (χ0v) is 12.0. The maximum absolute atomic E-state index is 4.34. The SMILES string of the molecule is CCCCN(C)c1cc(NC2CCCNC2)ncn1. The molecule has 19 heavy (non-hydrogen) atoms. The first kappa shape index (κ1) is 14.1. The molecule has 0 amide bonds. The fourth-order valence-corrected chi connectivity index (χ4v) is 2.33. The Kier molecular flexibility index (Phi) is 5.39. The fourth-order valence-electron chi connectivity index (χ4n) is 2.33. The van der Waals surface area contributed by atoms with E-state index in [1.54, 1.807) is 6.33 Å². The van der Waals surface area contributed by atoms with Gasteiger partial charge in [0.25, 0.3) is 0 Å². The van der Waals surface area contributed by atoms with Crippen molar-refractivity contribution in [2.75, 3.05) is 36.9 Å². The van der Waals surface area contributed by atoms with Crippen molar-refractivity contribution < 1.29 is 0 Å². The molecule has 106 valence electrons. The van der Waals surface area contributed by atoms with Crippen LogP contribution in [0.4, 0.5) is 11.6 Å². The minimum absolute atomic E-state index is 0.484. The molecule has 1 aliphatic heterocycles. The number of hydrogen-bond donors (Lipinski definition) is 2. The molecule has 1 aromatic rings. The molecule has 2 N–H and O–H groups in total. The summed E-state index contributed by atoms with van der Waals surface area (Å²) >= 11 is 0. The molecule has 1 fully saturated rings.